The largest absolute Gasteiger partial charge is 0.463 e. The summed E-state index contributed by atoms with van der Waals surface area (Å²) in [7, 11) is 0. The average molecular weight is 280 g/mol. The highest BCUT2D eigenvalue weighted by molar-refractivity contribution is 7.11. The summed E-state index contributed by atoms with van der Waals surface area (Å²) >= 11 is 3.10. The van der Waals surface area contributed by atoms with Crippen LogP contribution in [0.25, 0.3) is 0 Å². The monoisotopic (exact) mass is 280 g/mol. The summed E-state index contributed by atoms with van der Waals surface area (Å²) < 4.78 is 5.62. The summed E-state index contributed by atoms with van der Waals surface area (Å²) in [5, 5.41) is 6.58. The summed E-state index contributed by atoms with van der Waals surface area (Å²) in [5.74, 6) is 0.174. The molecule has 1 saturated heterocycles. The maximum atomic E-state index is 11.9. The molecule has 3 rings (SSSR count). The smallest absolute Gasteiger partial charge is 0.273 e. The first-order valence-corrected chi connectivity index (χ1v) is 7.48. The van der Waals surface area contributed by atoms with Gasteiger partial charge in [0, 0.05) is 11.6 Å². The Hall–Kier alpha value is -1.40. The van der Waals surface area contributed by atoms with Gasteiger partial charge in [0.25, 0.3) is 5.19 Å². The summed E-state index contributed by atoms with van der Waals surface area (Å²) in [6, 6.07) is 1.99. The van der Waals surface area contributed by atoms with Gasteiger partial charge in [0.05, 0.1) is 19.5 Å². The molecule has 1 aliphatic heterocycles. The van der Waals surface area contributed by atoms with Gasteiger partial charge in [0.2, 0.25) is 5.91 Å². The van der Waals surface area contributed by atoms with E-state index < -0.39 is 0 Å². The summed E-state index contributed by atoms with van der Waals surface area (Å²) in [5.41, 5.74) is 1.09. The Kier molecular flexibility index (Phi) is 3.29. The van der Waals surface area contributed by atoms with Crippen molar-refractivity contribution in [1.82, 2.24) is 9.88 Å². The molecule has 0 atom stereocenters. The number of ether oxygens (including phenoxy) is 1. The Morgan fingerprint density at radius 3 is 3.06 bits per heavy atom. The van der Waals surface area contributed by atoms with Crippen LogP contribution in [0.1, 0.15) is 5.56 Å². The van der Waals surface area contributed by atoms with Gasteiger partial charge in [-0.1, -0.05) is 11.3 Å². The van der Waals surface area contributed by atoms with Gasteiger partial charge < -0.3 is 9.64 Å². The molecule has 1 aliphatic rings. The SMILES string of the molecule is O=C(Cc1ccsc1)N1CC(Oc2nccs2)C1. The van der Waals surface area contributed by atoms with Crippen LogP contribution >= 0.6 is 22.7 Å². The molecule has 0 saturated carbocycles. The normalized spacial score (nSPS) is 15.4. The molecule has 0 N–H and O–H groups in total. The third-order valence-corrected chi connectivity index (χ3v) is 4.21. The molecule has 0 radical (unpaired) electrons. The fourth-order valence-electron chi connectivity index (χ4n) is 1.81. The van der Waals surface area contributed by atoms with Crippen LogP contribution in [0.5, 0.6) is 5.19 Å². The first-order valence-electron chi connectivity index (χ1n) is 5.66. The third-order valence-electron chi connectivity index (χ3n) is 2.81. The zero-order chi connectivity index (χ0) is 12.4. The second kappa shape index (κ2) is 5.07. The molecule has 0 aromatic carbocycles. The second-order valence-corrected chi connectivity index (χ2v) is 5.78. The number of hydrogen-bond donors (Lipinski definition) is 0. The number of amides is 1. The molecule has 2 aromatic rings. The van der Waals surface area contributed by atoms with Crippen LogP contribution in [0.4, 0.5) is 0 Å². The number of carbonyl (C=O) groups excluding carboxylic acids is 1. The fourth-order valence-corrected chi connectivity index (χ4v) is 3.03. The molecule has 0 unspecified atom stereocenters. The van der Waals surface area contributed by atoms with Crippen molar-refractivity contribution in [2.75, 3.05) is 13.1 Å². The van der Waals surface area contributed by atoms with Gasteiger partial charge in [-0.15, -0.1) is 0 Å². The van der Waals surface area contributed by atoms with Crippen LogP contribution in [0, 0.1) is 0 Å². The minimum absolute atomic E-state index is 0.0996. The van der Waals surface area contributed by atoms with E-state index in [9.17, 15) is 4.79 Å². The van der Waals surface area contributed by atoms with Gasteiger partial charge in [-0.25, -0.2) is 4.98 Å². The molecule has 6 heteroatoms. The van der Waals surface area contributed by atoms with Crippen molar-refractivity contribution in [2.45, 2.75) is 12.5 Å². The van der Waals surface area contributed by atoms with Gasteiger partial charge in [-0.2, -0.15) is 11.3 Å². The summed E-state index contributed by atoms with van der Waals surface area (Å²) in [6.45, 7) is 1.34. The lowest BCUT2D eigenvalue weighted by Gasteiger charge is -2.38. The zero-order valence-corrected chi connectivity index (χ0v) is 11.2. The van der Waals surface area contributed by atoms with E-state index in [1.54, 1.807) is 17.5 Å². The maximum Gasteiger partial charge on any atom is 0.273 e. The molecule has 18 heavy (non-hydrogen) atoms. The number of carbonyl (C=O) groups is 1. The van der Waals surface area contributed by atoms with Crippen molar-refractivity contribution in [2.24, 2.45) is 0 Å². The lowest BCUT2D eigenvalue weighted by atomic mass is 10.1. The highest BCUT2D eigenvalue weighted by Crippen LogP contribution is 2.20. The number of likely N-dealkylation sites (tertiary alicyclic amines) is 1. The molecule has 94 valence electrons. The molecule has 1 amide bonds. The quantitative estimate of drug-likeness (QED) is 0.860. The first kappa shape index (κ1) is 11.7. The predicted molar refractivity (Wildman–Crippen MR) is 71.1 cm³/mol. The Bertz CT molecular complexity index is 504. The average Bonchev–Trinajstić information content (AvgIpc) is 2.94. The molecule has 0 spiro atoms. The van der Waals surface area contributed by atoms with Crippen molar-refractivity contribution in [3.8, 4) is 5.19 Å². The zero-order valence-electron chi connectivity index (χ0n) is 9.61. The predicted octanol–water partition coefficient (Wildman–Crippen LogP) is 2.04. The van der Waals surface area contributed by atoms with E-state index in [2.05, 4.69) is 4.98 Å². The van der Waals surface area contributed by atoms with Crippen LogP contribution in [-0.2, 0) is 11.2 Å². The summed E-state index contributed by atoms with van der Waals surface area (Å²) in [6.07, 6.45) is 2.31. The van der Waals surface area contributed by atoms with Gasteiger partial charge in [-0.05, 0) is 22.4 Å². The topological polar surface area (TPSA) is 42.4 Å². The van der Waals surface area contributed by atoms with Gasteiger partial charge in [0.1, 0.15) is 6.10 Å². The molecular formula is C12H12N2O2S2. The molecule has 0 bridgehead atoms. The molecular weight excluding hydrogens is 268 g/mol. The van der Waals surface area contributed by atoms with Crippen molar-refractivity contribution < 1.29 is 9.53 Å². The number of rotatable bonds is 4. The van der Waals surface area contributed by atoms with Crippen molar-refractivity contribution >= 4 is 28.6 Å². The Balaban J connectivity index is 1.45. The van der Waals surface area contributed by atoms with E-state index in [-0.39, 0.29) is 12.0 Å². The second-order valence-electron chi connectivity index (χ2n) is 4.14. The van der Waals surface area contributed by atoms with Gasteiger partial charge >= 0.3 is 0 Å². The van der Waals surface area contributed by atoms with E-state index in [1.807, 2.05) is 27.1 Å². The minimum Gasteiger partial charge on any atom is -0.463 e. The number of hydrogen-bond acceptors (Lipinski definition) is 5. The number of thiazole rings is 1. The number of aromatic nitrogens is 1. The van der Waals surface area contributed by atoms with Crippen LogP contribution in [0.15, 0.2) is 28.4 Å². The van der Waals surface area contributed by atoms with Crippen LogP contribution in [0.2, 0.25) is 0 Å². The maximum absolute atomic E-state index is 11.9. The Labute approximate surface area is 113 Å². The lowest BCUT2D eigenvalue weighted by molar-refractivity contribution is -0.139. The van der Waals surface area contributed by atoms with Gasteiger partial charge in [0.15, 0.2) is 0 Å². The number of thiophene rings is 1. The van der Waals surface area contributed by atoms with E-state index in [0.29, 0.717) is 24.7 Å². The van der Waals surface area contributed by atoms with E-state index >= 15 is 0 Å². The lowest BCUT2D eigenvalue weighted by Crippen LogP contribution is -2.56. The van der Waals surface area contributed by atoms with Crippen molar-refractivity contribution in [1.29, 1.82) is 0 Å². The van der Waals surface area contributed by atoms with Crippen LogP contribution in [-0.4, -0.2) is 35.0 Å². The third kappa shape index (κ3) is 2.54. The van der Waals surface area contributed by atoms with Crippen LogP contribution < -0.4 is 4.74 Å². The molecule has 0 aliphatic carbocycles. The minimum atomic E-state index is 0.0996. The van der Waals surface area contributed by atoms with Crippen LogP contribution in [0.3, 0.4) is 0 Å². The van der Waals surface area contributed by atoms with Gasteiger partial charge in [-0.3, -0.25) is 4.79 Å². The Morgan fingerprint density at radius 2 is 2.39 bits per heavy atom. The standard InChI is InChI=1S/C12H12N2O2S2/c15-11(5-9-1-3-17-8-9)14-6-10(7-14)16-12-13-2-4-18-12/h1-4,8,10H,5-7H2. The molecule has 2 aromatic heterocycles. The van der Waals surface area contributed by atoms with E-state index in [1.165, 1.54) is 11.3 Å². The Morgan fingerprint density at radius 1 is 1.50 bits per heavy atom. The first-order chi connectivity index (χ1) is 8.81. The summed E-state index contributed by atoms with van der Waals surface area (Å²) in [4.78, 5) is 17.8. The number of nitrogens with zero attached hydrogens (tertiary/aromatic N) is 2. The van der Waals surface area contributed by atoms with Crippen molar-refractivity contribution in [3.05, 3.63) is 34.0 Å². The highest BCUT2D eigenvalue weighted by atomic mass is 32.1. The molecule has 1 fully saturated rings. The fraction of sp³-hybridized carbons (Fsp3) is 0.333. The molecule has 3 heterocycles. The van der Waals surface area contributed by atoms with E-state index in [0.717, 1.165) is 5.56 Å². The van der Waals surface area contributed by atoms with Crippen molar-refractivity contribution in [3.63, 3.8) is 0 Å². The highest BCUT2D eigenvalue weighted by Gasteiger charge is 2.32. The molecule has 4 nitrogen and oxygen atoms in total. The van der Waals surface area contributed by atoms with E-state index in [4.69, 9.17) is 4.74 Å².